The second-order valence-electron chi connectivity index (χ2n) is 14.0. The maximum atomic E-state index is 5.04. The van der Waals surface area contributed by atoms with Crippen molar-refractivity contribution in [3.63, 3.8) is 0 Å². The minimum absolute atomic E-state index is 0.980. The molecule has 0 aliphatic heterocycles. The zero-order valence-electron chi connectivity index (χ0n) is 28.8. The van der Waals surface area contributed by atoms with Crippen molar-refractivity contribution >= 4 is 96.9 Å². The van der Waals surface area contributed by atoms with Crippen LogP contribution in [0.3, 0.4) is 0 Å². The number of hydrogen-bond acceptors (Lipinski definition) is 2. The minimum atomic E-state index is 0.980. The zero-order valence-corrected chi connectivity index (χ0v) is 29.6. The van der Waals surface area contributed by atoms with Gasteiger partial charge in [0.2, 0.25) is 0 Å². The minimum Gasteiger partial charge on any atom is -0.309 e. The third kappa shape index (κ3) is 3.92. The van der Waals surface area contributed by atoms with E-state index in [0.29, 0.717) is 0 Å². The summed E-state index contributed by atoms with van der Waals surface area (Å²) in [6, 6.07) is 57.6. The Labute approximate surface area is 308 Å². The summed E-state index contributed by atoms with van der Waals surface area (Å²) in [6.45, 7) is 2.26. The highest BCUT2D eigenvalue weighted by molar-refractivity contribution is 7.26. The predicted octanol–water partition coefficient (Wildman–Crippen LogP) is 13.0. The average molecular weight is 695 g/mol. The molecule has 5 heteroatoms. The standard InChI is InChI=1S/C48H30N4S/c1-29-26-31(50-40-17-7-2-12-32(40)33-13-3-8-18-41(33)50)28-39-36-16-6-9-19-42(36)51(46(29)39)30-22-23-45-38(27-30)37-24-25-49-48(47(37)53-45)52-43-20-10-4-14-34(43)35-15-5-11-21-44(35)52/h2-28H,1H3. The number of para-hydroxylation sites is 5. The van der Waals surface area contributed by atoms with Gasteiger partial charge in [0.1, 0.15) is 0 Å². The number of aryl methyl sites for hydroxylation is 1. The van der Waals surface area contributed by atoms with Crippen LogP contribution in [0.25, 0.3) is 103 Å². The van der Waals surface area contributed by atoms with E-state index in [9.17, 15) is 0 Å². The van der Waals surface area contributed by atoms with Gasteiger partial charge in [-0.25, -0.2) is 4.98 Å². The first-order valence-electron chi connectivity index (χ1n) is 18.1. The Morgan fingerprint density at radius 2 is 0.906 bits per heavy atom. The van der Waals surface area contributed by atoms with Crippen LogP contribution in [0.4, 0.5) is 0 Å². The topological polar surface area (TPSA) is 27.7 Å². The molecule has 0 atom stereocenters. The van der Waals surface area contributed by atoms with Crippen molar-refractivity contribution in [2.45, 2.75) is 6.92 Å². The molecule has 0 fully saturated rings. The summed E-state index contributed by atoms with van der Waals surface area (Å²) in [4.78, 5) is 5.04. The van der Waals surface area contributed by atoms with E-state index < -0.39 is 0 Å². The van der Waals surface area contributed by atoms with E-state index in [1.165, 1.54) is 96.8 Å². The maximum absolute atomic E-state index is 5.04. The van der Waals surface area contributed by atoms with Crippen molar-refractivity contribution in [2.24, 2.45) is 0 Å². The van der Waals surface area contributed by atoms with Gasteiger partial charge >= 0.3 is 0 Å². The van der Waals surface area contributed by atoms with Gasteiger partial charge in [-0.3, -0.25) is 4.57 Å². The first-order valence-corrected chi connectivity index (χ1v) is 18.9. The van der Waals surface area contributed by atoms with Crippen molar-refractivity contribution in [1.29, 1.82) is 0 Å². The molecular formula is C48H30N4S. The quantitative estimate of drug-likeness (QED) is 0.181. The van der Waals surface area contributed by atoms with Crippen LogP contribution in [0.15, 0.2) is 164 Å². The number of pyridine rings is 1. The van der Waals surface area contributed by atoms with Gasteiger partial charge < -0.3 is 9.13 Å². The number of thiophene rings is 1. The fraction of sp³-hybridized carbons (Fsp3) is 0.0208. The Kier molecular flexibility index (Phi) is 5.83. The van der Waals surface area contributed by atoms with Gasteiger partial charge in [0.15, 0.2) is 5.82 Å². The highest BCUT2D eigenvalue weighted by Crippen LogP contribution is 2.43. The Hall–Kier alpha value is -6.69. The number of rotatable bonds is 3. The van der Waals surface area contributed by atoms with Crippen molar-refractivity contribution < 1.29 is 0 Å². The fourth-order valence-electron chi connectivity index (χ4n) is 9.00. The van der Waals surface area contributed by atoms with Gasteiger partial charge in [-0.05, 0) is 79.2 Å². The molecule has 0 radical (unpaired) electrons. The monoisotopic (exact) mass is 694 g/mol. The molecule has 0 bridgehead atoms. The summed E-state index contributed by atoms with van der Waals surface area (Å²) in [5, 5.41) is 10.0. The van der Waals surface area contributed by atoms with Crippen molar-refractivity contribution in [2.75, 3.05) is 0 Å². The van der Waals surface area contributed by atoms with E-state index in [2.05, 4.69) is 178 Å². The van der Waals surface area contributed by atoms with Crippen LogP contribution in [0, 0.1) is 6.92 Å². The molecule has 248 valence electrons. The molecule has 0 N–H and O–H groups in total. The zero-order chi connectivity index (χ0) is 34.8. The SMILES string of the molecule is Cc1cc(-n2c3ccccc3c3ccccc32)cc2c3ccccc3n(-c3ccc4sc5c(-n6c7ccccc7c7ccccc76)nccc5c4c3)c12. The molecule has 12 rings (SSSR count). The molecule has 0 spiro atoms. The molecule has 12 aromatic rings. The summed E-state index contributed by atoms with van der Waals surface area (Å²) in [7, 11) is 0. The molecule has 0 amide bonds. The van der Waals surface area contributed by atoms with Crippen molar-refractivity contribution in [3.8, 4) is 17.2 Å². The van der Waals surface area contributed by atoms with Crippen LogP contribution in [-0.4, -0.2) is 18.7 Å². The van der Waals surface area contributed by atoms with Gasteiger partial charge in [0.25, 0.3) is 0 Å². The molecule has 7 aromatic carbocycles. The van der Waals surface area contributed by atoms with E-state index in [1.807, 2.05) is 17.5 Å². The van der Waals surface area contributed by atoms with E-state index in [4.69, 9.17) is 4.98 Å². The lowest BCUT2D eigenvalue weighted by atomic mass is 10.1. The third-order valence-corrected chi connectivity index (χ3v) is 12.4. The van der Waals surface area contributed by atoms with E-state index in [0.717, 1.165) is 11.5 Å². The summed E-state index contributed by atoms with van der Waals surface area (Å²) in [5.41, 5.74) is 10.8. The third-order valence-electron chi connectivity index (χ3n) is 11.2. The van der Waals surface area contributed by atoms with Crippen molar-refractivity contribution in [3.05, 3.63) is 169 Å². The molecule has 0 saturated heterocycles. The molecule has 5 heterocycles. The fourth-order valence-corrected chi connectivity index (χ4v) is 10.2. The average Bonchev–Trinajstić information content (AvgIpc) is 3.94. The number of hydrogen-bond donors (Lipinski definition) is 0. The highest BCUT2D eigenvalue weighted by Gasteiger charge is 2.21. The van der Waals surface area contributed by atoms with Crippen LogP contribution >= 0.6 is 11.3 Å². The van der Waals surface area contributed by atoms with Gasteiger partial charge in [-0.2, -0.15) is 0 Å². The molecule has 0 saturated carbocycles. The molecule has 0 aliphatic carbocycles. The lowest BCUT2D eigenvalue weighted by molar-refractivity contribution is 1.11. The van der Waals surface area contributed by atoms with Crippen LogP contribution in [0.5, 0.6) is 0 Å². The van der Waals surface area contributed by atoms with Crippen molar-refractivity contribution in [1.82, 2.24) is 18.7 Å². The van der Waals surface area contributed by atoms with Gasteiger partial charge in [0.05, 0.1) is 37.8 Å². The predicted molar refractivity (Wildman–Crippen MR) is 225 cm³/mol. The van der Waals surface area contributed by atoms with E-state index in [-0.39, 0.29) is 0 Å². The van der Waals surface area contributed by atoms with E-state index in [1.54, 1.807) is 0 Å². The Bertz CT molecular complexity index is 3370. The molecule has 4 nitrogen and oxygen atoms in total. The largest absolute Gasteiger partial charge is 0.309 e. The van der Waals surface area contributed by atoms with Crippen LogP contribution in [0.2, 0.25) is 0 Å². The number of nitrogens with zero attached hydrogens (tertiary/aromatic N) is 4. The molecule has 0 unspecified atom stereocenters. The number of fused-ring (bicyclic) bond motifs is 12. The second kappa shape index (κ2) is 10.7. The van der Waals surface area contributed by atoms with Crippen LogP contribution < -0.4 is 0 Å². The lowest BCUT2D eigenvalue weighted by Gasteiger charge is -2.13. The highest BCUT2D eigenvalue weighted by atomic mass is 32.1. The second-order valence-corrected chi connectivity index (χ2v) is 15.1. The normalized spacial score (nSPS) is 12.2. The summed E-state index contributed by atoms with van der Waals surface area (Å²) >= 11 is 1.83. The Morgan fingerprint density at radius 3 is 1.49 bits per heavy atom. The number of benzene rings is 7. The molecule has 5 aromatic heterocycles. The van der Waals surface area contributed by atoms with Gasteiger partial charge in [0, 0.05) is 65.4 Å². The lowest BCUT2D eigenvalue weighted by Crippen LogP contribution is -1.98. The smallest absolute Gasteiger partial charge is 0.155 e. The van der Waals surface area contributed by atoms with Crippen LogP contribution in [-0.2, 0) is 0 Å². The summed E-state index contributed by atoms with van der Waals surface area (Å²) in [6.07, 6.45) is 1.97. The molecular weight excluding hydrogens is 665 g/mol. The summed E-state index contributed by atoms with van der Waals surface area (Å²) < 4.78 is 9.68. The first kappa shape index (κ1) is 28.9. The van der Waals surface area contributed by atoms with Crippen LogP contribution in [0.1, 0.15) is 5.56 Å². The Morgan fingerprint density at radius 1 is 0.415 bits per heavy atom. The maximum Gasteiger partial charge on any atom is 0.155 e. The van der Waals surface area contributed by atoms with E-state index >= 15 is 0 Å². The first-order chi connectivity index (χ1) is 26.2. The van der Waals surface area contributed by atoms with Gasteiger partial charge in [-0.1, -0.05) is 91.0 Å². The van der Waals surface area contributed by atoms with Gasteiger partial charge in [-0.15, -0.1) is 11.3 Å². The number of aromatic nitrogens is 4. The molecule has 53 heavy (non-hydrogen) atoms. The Balaban J connectivity index is 1.10. The summed E-state index contributed by atoms with van der Waals surface area (Å²) in [5.74, 6) is 0.980. The molecule has 0 aliphatic rings.